The van der Waals surface area contributed by atoms with Crippen LogP contribution in [0, 0.1) is 21.7 Å². The van der Waals surface area contributed by atoms with Crippen molar-refractivity contribution in [1.29, 1.82) is 0 Å². The molecule has 0 bridgehead atoms. The Labute approximate surface area is 212 Å². The lowest BCUT2D eigenvalue weighted by Gasteiger charge is -2.45. The number of carbonyl (C=O) groups excluding carboxylic acids is 6. The van der Waals surface area contributed by atoms with Crippen LogP contribution >= 0.6 is 0 Å². The average molecular weight is 499 g/mol. The predicted molar refractivity (Wildman–Crippen MR) is 139 cm³/mol. The highest BCUT2D eigenvalue weighted by atomic mass is 16.2. The van der Waals surface area contributed by atoms with Crippen molar-refractivity contribution in [2.24, 2.45) is 21.7 Å². The Hall–Kier alpha value is -2.02. The molecule has 0 aliphatic rings. The molecule has 0 radical (unpaired) electrons. The number of ketones is 6. The van der Waals surface area contributed by atoms with Gasteiger partial charge < -0.3 is 5.48 Å². The largest absolute Gasteiger partial charge is 0.412 e. The molecule has 2 N–H and O–H groups in total. The van der Waals surface area contributed by atoms with Crippen molar-refractivity contribution in [3.05, 3.63) is 0 Å². The Morgan fingerprint density at radius 1 is 0.371 bits per heavy atom. The van der Waals surface area contributed by atoms with Gasteiger partial charge in [-0.25, -0.2) is 0 Å². The van der Waals surface area contributed by atoms with E-state index in [0.29, 0.717) is 38.5 Å². The quantitative estimate of drug-likeness (QED) is 0.306. The molecule has 0 unspecified atom stereocenters. The minimum Gasteiger partial charge on any atom is -0.412 e. The average Bonchev–Trinajstić information content (AvgIpc) is 2.74. The molecule has 0 fully saturated rings. The van der Waals surface area contributed by atoms with Crippen LogP contribution in [0.5, 0.6) is 0 Å². The molecule has 0 saturated heterocycles. The Balaban J connectivity index is -0.000000569. The van der Waals surface area contributed by atoms with E-state index in [-0.39, 0.29) is 40.2 Å². The molecule has 0 spiro atoms. The smallest absolute Gasteiger partial charge is 0.144 e. The van der Waals surface area contributed by atoms with Crippen LogP contribution in [0.25, 0.3) is 0 Å². The zero-order chi connectivity index (χ0) is 27.7. The fourth-order valence-electron chi connectivity index (χ4n) is 6.82. The number of rotatable bonds is 14. The summed E-state index contributed by atoms with van der Waals surface area (Å²) in [6.45, 7) is 19.8. The van der Waals surface area contributed by atoms with Crippen LogP contribution in [0.4, 0.5) is 0 Å². The summed E-state index contributed by atoms with van der Waals surface area (Å²) < 4.78 is 0. The third kappa shape index (κ3) is 5.87. The maximum Gasteiger partial charge on any atom is 0.144 e. The predicted octanol–water partition coefficient (Wildman–Crippen LogP) is 5.09. The van der Waals surface area contributed by atoms with E-state index in [1.54, 1.807) is 0 Å². The number of carbonyl (C=O) groups is 6. The van der Waals surface area contributed by atoms with Gasteiger partial charge in [-0.3, -0.25) is 28.8 Å². The minimum absolute atomic E-state index is 0. The van der Waals surface area contributed by atoms with Gasteiger partial charge in [0.25, 0.3) is 0 Å². The molecule has 35 heavy (non-hydrogen) atoms. The van der Waals surface area contributed by atoms with Crippen LogP contribution in [0.2, 0.25) is 0 Å². The molecular weight excluding hydrogens is 448 g/mol. The Kier molecular flexibility index (Phi) is 15.6. The van der Waals surface area contributed by atoms with E-state index < -0.39 is 21.7 Å². The van der Waals surface area contributed by atoms with Crippen molar-refractivity contribution < 1.29 is 34.2 Å². The van der Waals surface area contributed by atoms with Crippen molar-refractivity contribution >= 4 is 34.7 Å². The molecule has 0 heterocycles. The maximum atomic E-state index is 12.0. The van der Waals surface area contributed by atoms with E-state index >= 15 is 0 Å². The second kappa shape index (κ2) is 14.5. The lowest BCUT2D eigenvalue weighted by atomic mass is 9.54. The maximum absolute atomic E-state index is 12.0. The zero-order valence-corrected chi connectivity index (χ0v) is 24.2. The number of hydrogen-bond acceptors (Lipinski definition) is 6. The van der Waals surface area contributed by atoms with Gasteiger partial charge in [0.1, 0.15) is 34.7 Å². The van der Waals surface area contributed by atoms with Gasteiger partial charge in [-0.05, 0) is 80.1 Å². The van der Waals surface area contributed by atoms with E-state index in [0.717, 1.165) is 0 Å². The Bertz CT molecular complexity index is 689. The first kappa shape index (κ1) is 37.5. The molecule has 0 aromatic rings. The monoisotopic (exact) mass is 498 g/mol. The first-order valence-electron chi connectivity index (χ1n) is 12.6. The second-order valence-electron chi connectivity index (χ2n) is 9.43. The van der Waals surface area contributed by atoms with Crippen LogP contribution in [0.15, 0.2) is 0 Å². The standard InChI is InChI=1S/2C14H24O3.H2O/c2*1-7-13(8-2,10(4)15)14(9-3,11(5)16)12(6)17;/h2*7-9H2,1-6H3;1H2. The molecule has 204 valence electrons. The SMILES string of the molecule is CCC(CC)(C(C)=O)C(CC)(C(C)=O)C(C)=O.CCC(CC)(C(C)=O)C(CC)(C(C)=O)C(C)=O.O. The summed E-state index contributed by atoms with van der Waals surface area (Å²) in [6.07, 6.45) is 2.85. The molecule has 0 aliphatic heterocycles. The topological polar surface area (TPSA) is 134 Å². The third-order valence-electron chi connectivity index (χ3n) is 8.86. The van der Waals surface area contributed by atoms with Gasteiger partial charge in [-0.15, -0.1) is 0 Å². The summed E-state index contributed by atoms with van der Waals surface area (Å²) in [5, 5.41) is 0. The summed E-state index contributed by atoms with van der Waals surface area (Å²) in [4.78, 5) is 72.2. The van der Waals surface area contributed by atoms with E-state index in [9.17, 15) is 28.8 Å². The molecule has 0 aromatic heterocycles. The second-order valence-corrected chi connectivity index (χ2v) is 9.43. The van der Waals surface area contributed by atoms with Gasteiger partial charge in [0.05, 0.1) is 10.8 Å². The van der Waals surface area contributed by atoms with Gasteiger partial charge in [0.2, 0.25) is 0 Å². The molecule has 0 amide bonds. The fourth-order valence-corrected chi connectivity index (χ4v) is 6.82. The van der Waals surface area contributed by atoms with Crippen molar-refractivity contribution in [2.45, 2.75) is 122 Å². The Morgan fingerprint density at radius 2 is 0.543 bits per heavy atom. The zero-order valence-electron chi connectivity index (χ0n) is 24.2. The summed E-state index contributed by atoms with van der Waals surface area (Å²) >= 11 is 0. The summed E-state index contributed by atoms with van der Waals surface area (Å²) in [7, 11) is 0. The lowest BCUT2D eigenvalue weighted by Crippen LogP contribution is -2.54. The van der Waals surface area contributed by atoms with Gasteiger partial charge in [0.15, 0.2) is 0 Å². The van der Waals surface area contributed by atoms with Gasteiger partial charge >= 0.3 is 0 Å². The van der Waals surface area contributed by atoms with Crippen LogP contribution in [0.3, 0.4) is 0 Å². The van der Waals surface area contributed by atoms with Gasteiger partial charge in [-0.1, -0.05) is 41.5 Å². The van der Waals surface area contributed by atoms with E-state index in [2.05, 4.69) is 0 Å². The van der Waals surface area contributed by atoms with Crippen molar-refractivity contribution in [1.82, 2.24) is 0 Å². The van der Waals surface area contributed by atoms with Crippen LogP contribution in [-0.2, 0) is 28.8 Å². The van der Waals surface area contributed by atoms with Crippen LogP contribution in [0.1, 0.15) is 122 Å². The molecule has 0 atom stereocenters. The minimum atomic E-state index is -1.15. The van der Waals surface area contributed by atoms with E-state index in [1.807, 2.05) is 41.5 Å². The third-order valence-corrected chi connectivity index (χ3v) is 8.86. The van der Waals surface area contributed by atoms with E-state index in [4.69, 9.17) is 0 Å². The molecule has 0 rings (SSSR count). The molecule has 0 aromatic carbocycles. The van der Waals surface area contributed by atoms with Gasteiger partial charge in [0, 0.05) is 10.8 Å². The summed E-state index contributed by atoms with van der Waals surface area (Å²) in [6, 6.07) is 0. The number of Topliss-reactive ketones (excluding diaryl/α,β-unsaturated/α-hetero) is 6. The highest BCUT2D eigenvalue weighted by molar-refractivity contribution is 6.11. The summed E-state index contributed by atoms with van der Waals surface area (Å²) in [5.74, 6) is -0.875. The fraction of sp³-hybridized carbons (Fsp3) is 0.786. The normalized spacial score (nSPS) is 12.0. The van der Waals surface area contributed by atoms with Gasteiger partial charge in [-0.2, -0.15) is 0 Å². The van der Waals surface area contributed by atoms with Crippen molar-refractivity contribution in [3.63, 3.8) is 0 Å². The van der Waals surface area contributed by atoms with Crippen LogP contribution < -0.4 is 0 Å². The summed E-state index contributed by atoms with van der Waals surface area (Å²) in [5.41, 5.74) is -4.00. The first-order valence-corrected chi connectivity index (χ1v) is 12.6. The molecule has 7 nitrogen and oxygen atoms in total. The molecular formula is C28H50O7. The highest BCUT2D eigenvalue weighted by Gasteiger charge is 2.58. The molecule has 0 aliphatic carbocycles. The Morgan fingerprint density at radius 3 is 0.571 bits per heavy atom. The molecule has 0 saturated carbocycles. The lowest BCUT2D eigenvalue weighted by molar-refractivity contribution is -0.158. The van der Waals surface area contributed by atoms with Crippen molar-refractivity contribution in [2.75, 3.05) is 0 Å². The van der Waals surface area contributed by atoms with Crippen LogP contribution in [-0.4, -0.2) is 40.2 Å². The molecule has 7 heteroatoms. The number of hydrogen-bond donors (Lipinski definition) is 0. The van der Waals surface area contributed by atoms with Crippen molar-refractivity contribution in [3.8, 4) is 0 Å². The highest BCUT2D eigenvalue weighted by Crippen LogP contribution is 2.50. The van der Waals surface area contributed by atoms with E-state index in [1.165, 1.54) is 41.5 Å². The first-order chi connectivity index (χ1) is 15.5.